The third-order valence-corrected chi connectivity index (χ3v) is 4.31. The molecule has 96 valence electrons. The number of fused-ring (bicyclic) bond motifs is 1. The van der Waals surface area contributed by atoms with E-state index in [1.54, 1.807) is 4.57 Å². The van der Waals surface area contributed by atoms with Gasteiger partial charge in [-0.05, 0) is 41.7 Å². The van der Waals surface area contributed by atoms with Gasteiger partial charge in [-0.15, -0.1) is 11.3 Å². The molecule has 0 saturated heterocycles. The van der Waals surface area contributed by atoms with Crippen molar-refractivity contribution in [1.29, 1.82) is 0 Å². The fourth-order valence-electron chi connectivity index (χ4n) is 2.18. The summed E-state index contributed by atoms with van der Waals surface area (Å²) in [5, 5.41) is 1.90. The van der Waals surface area contributed by atoms with E-state index in [2.05, 4.69) is 11.9 Å². The maximum absolute atomic E-state index is 12.6. The predicted molar refractivity (Wildman–Crippen MR) is 82.0 cm³/mol. The van der Waals surface area contributed by atoms with E-state index < -0.39 is 0 Å². The van der Waals surface area contributed by atoms with Gasteiger partial charge >= 0.3 is 0 Å². The summed E-state index contributed by atoms with van der Waals surface area (Å²) in [6.45, 7) is 2.07. The van der Waals surface area contributed by atoms with Gasteiger partial charge in [-0.3, -0.25) is 9.36 Å². The number of aromatic nitrogens is 2. The summed E-state index contributed by atoms with van der Waals surface area (Å²) < 4.78 is 2.74. The van der Waals surface area contributed by atoms with Crippen molar-refractivity contribution in [3.63, 3.8) is 0 Å². The van der Waals surface area contributed by atoms with Crippen molar-refractivity contribution >= 4 is 33.8 Å². The molecule has 0 saturated carbocycles. The van der Waals surface area contributed by atoms with Gasteiger partial charge in [-0.1, -0.05) is 25.1 Å². The monoisotopic (exact) mass is 288 g/mol. The van der Waals surface area contributed by atoms with Crippen LogP contribution in [-0.4, -0.2) is 9.55 Å². The first kappa shape index (κ1) is 12.3. The SMILES string of the molecule is CCc1ccccc1-n1c(=S)[nH]c2ccsc2c1=O. The molecule has 0 bridgehead atoms. The Morgan fingerprint density at radius 1 is 1.32 bits per heavy atom. The lowest BCUT2D eigenvalue weighted by molar-refractivity contribution is 0.919. The number of hydrogen-bond acceptors (Lipinski definition) is 3. The van der Waals surface area contributed by atoms with Crippen LogP contribution in [0.5, 0.6) is 0 Å². The van der Waals surface area contributed by atoms with Crippen LogP contribution in [-0.2, 0) is 6.42 Å². The Labute approximate surface area is 119 Å². The molecule has 0 fully saturated rings. The normalized spacial score (nSPS) is 11.0. The second-order valence-electron chi connectivity index (χ2n) is 4.22. The number of aryl methyl sites for hydroxylation is 1. The summed E-state index contributed by atoms with van der Waals surface area (Å²) in [4.78, 5) is 15.7. The van der Waals surface area contributed by atoms with E-state index in [1.807, 2.05) is 35.7 Å². The molecular formula is C14H12N2OS2. The number of benzene rings is 1. The molecule has 0 aliphatic carbocycles. The van der Waals surface area contributed by atoms with Gasteiger partial charge in [0.05, 0.1) is 11.2 Å². The number of rotatable bonds is 2. The van der Waals surface area contributed by atoms with Crippen LogP contribution < -0.4 is 5.56 Å². The summed E-state index contributed by atoms with van der Waals surface area (Å²) in [5.41, 5.74) is 2.74. The topological polar surface area (TPSA) is 37.8 Å². The average Bonchev–Trinajstić information content (AvgIpc) is 2.87. The first-order valence-corrected chi connectivity index (χ1v) is 7.32. The number of nitrogens with one attached hydrogen (secondary N) is 1. The zero-order valence-electron chi connectivity index (χ0n) is 10.3. The van der Waals surface area contributed by atoms with Crippen LogP contribution in [0.2, 0.25) is 0 Å². The third-order valence-electron chi connectivity index (χ3n) is 3.12. The third kappa shape index (κ3) is 1.95. The van der Waals surface area contributed by atoms with Gasteiger partial charge in [-0.2, -0.15) is 0 Å². The Morgan fingerprint density at radius 2 is 2.11 bits per heavy atom. The maximum Gasteiger partial charge on any atom is 0.276 e. The quantitative estimate of drug-likeness (QED) is 0.731. The largest absolute Gasteiger partial charge is 0.331 e. The molecule has 3 rings (SSSR count). The lowest BCUT2D eigenvalue weighted by atomic mass is 10.1. The van der Waals surface area contributed by atoms with Gasteiger partial charge in [0.2, 0.25) is 0 Å². The van der Waals surface area contributed by atoms with Gasteiger partial charge in [0.25, 0.3) is 5.56 Å². The number of hydrogen-bond donors (Lipinski definition) is 1. The standard InChI is InChI=1S/C14H12N2OS2/c1-2-9-5-3-4-6-11(9)16-13(17)12-10(7-8-19-12)15-14(16)18/h3-8H,2H2,1H3,(H,15,18). The molecule has 2 aromatic heterocycles. The van der Waals surface area contributed by atoms with Crippen molar-refractivity contribution in [2.45, 2.75) is 13.3 Å². The second kappa shape index (κ2) is 4.75. The molecule has 0 atom stereocenters. The Balaban J connectivity index is 2.43. The molecule has 3 aromatic rings. The fraction of sp³-hybridized carbons (Fsp3) is 0.143. The first-order chi connectivity index (χ1) is 9.22. The zero-order valence-corrected chi connectivity index (χ0v) is 12.0. The molecule has 19 heavy (non-hydrogen) atoms. The van der Waals surface area contributed by atoms with Gasteiger partial charge in [-0.25, -0.2) is 0 Å². The maximum atomic E-state index is 12.6. The van der Waals surface area contributed by atoms with Crippen LogP contribution in [0.1, 0.15) is 12.5 Å². The molecule has 0 radical (unpaired) electrons. The Bertz CT molecular complexity index is 857. The number of nitrogens with zero attached hydrogens (tertiary/aromatic N) is 1. The summed E-state index contributed by atoms with van der Waals surface area (Å²) in [6, 6.07) is 9.74. The molecule has 0 aliphatic rings. The lowest BCUT2D eigenvalue weighted by Gasteiger charge is -2.10. The van der Waals surface area contributed by atoms with Gasteiger partial charge in [0.1, 0.15) is 4.70 Å². The van der Waals surface area contributed by atoms with E-state index in [1.165, 1.54) is 11.3 Å². The fourth-order valence-corrected chi connectivity index (χ4v) is 3.25. The van der Waals surface area contributed by atoms with E-state index in [0.29, 0.717) is 9.47 Å². The van der Waals surface area contributed by atoms with Crippen LogP contribution in [0.15, 0.2) is 40.5 Å². The van der Waals surface area contributed by atoms with E-state index >= 15 is 0 Å². The van der Waals surface area contributed by atoms with E-state index in [-0.39, 0.29) is 5.56 Å². The lowest BCUT2D eigenvalue weighted by Crippen LogP contribution is -2.20. The predicted octanol–water partition coefficient (Wildman–Crippen LogP) is 3.67. The molecule has 2 heterocycles. The van der Waals surface area contributed by atoms with Crippen LogP contribution in [0.3, 0.4) is 0 Å². The molecule has 1 aromatic carbocycles. The Hall–Kier alpha value is -1.72. The number of para-hydroxylation sites is 1. The minimum atomic E-state index is -0.0466. The molecule has 5 heteroatoms. The average molecular weight is 288 g/mol. The molecule has 3 nitrogen and oxygen atoms in total. The van der Waals surface area contributed by atoms with E-state index in [0.717, 1.165) is 23.2 Å². The van der Waals surface area contributed by atoms with Crippen molar-refractivity contribution in [3.05, 3.63) is 56.4 Å². The number of thiophene rings is 1. The van der Waals surface area contributed by atoms with Crippen molar-refractivity contribution in [3.8, 4) is 5.69 Å². The molecular weight excluding hydrogens is 276 g/mol. The first-order valence-electron chi connectivity index (χ1n) is 6.03. The highest BCUT2D eigenvalue weighted by Gasteiger charge is 2.10. The van der Waals surface area contributed by atoms with Crippen molar-refractivity contribution in [1.82, 2.24) is 9.55 Å². The van der Waals surface area contributed by atoms with Crippen molar-refractivity contribution in [2.24, 2.45) is 0 Å². The highest BCUT2D eigenvalue weighted by molar-refractivity contribution is 7.71. The Kier molecular flexibility index (Phi) is 3.08. The van der Waals surface area contributed by atoms with Crippen LogP contribution >= 0.6 is 23.6 Å². The number of aromatic amines is 1. The molecule has 0 unspecified atom stereocenters. The Morgan fingerprint density at radius 3 is 2.89 bits per heavy atom. The molecule has 0 spiro atoms. The second-order valence-corrected chi connectivity index (χ2v) is 5.52. The zero-order chi connectivity index (χ0) is 13.4. The summed E-state index contributed by atoms with van der Waals surface area (Å²) in [6.07, 6.45) is 0.861. The summed E-state index contributed by atoms with van der Waals surface area (Å²) >= 11 is 6.77. The minimum Gasteiger partial charge on any atom is -0.331 e. The van der Waals surface area contributed by atoms with Crippen molar-refractivity contribution < 1.29 is 0 Å². The number of H-pyrrole nitrogens is 1. The highest BCUT2D eigenvalue weighted by atomic mass is 32.1. The van der Waals surface area contributed by atoms with Crippen LogP contribution in [0.25, 0.3) is 15.9 Å². The van der Waals surface area contributed by atoms with E-state index in [4.69, 9.17) is 12.2 Å². The van der Waals surface area contributed by atoms with Crippen LogP contribution in [0, 0.1) is 4.77 Å². The molecule has 1 N–H and O–H groups in total. The molecule has 0 aliphatic heterocycles. The van der Waals surface area contributed by atoms with Gasteiger partial charge < -0.3 is 4.98 Å². The van der Waals surface area contributed by atoms with Gasteiger partial charge in [0, 0.05) is 0 Å². The highest BCUT2D eigenvalue weighted by Crippen LogP contribution is 2.18. The summed E-state index contributed by atoms with van der Waals surface area (Å²) in [7, 11) is 0. The van der Waals surface area contributed by atoms with Crippen molar-refractivity contribution in [2.75, 3.05) is 0 Å². The smallest absolute Gasteiger partial charge is 0.276 e. The van der Waals surface area contributed by atoms with Gasteiger partial charge in [0.15, 0.2) is 4.77 Å². The summed E-state index contributed by atoms with van der Waals surface area (Å²) in [5.74, 6) is 0. The molecule has 0 amide bonds. The minimum absolute atomic E-state index is 0.0466. The van der Waals surface area contributed by atoms with Crippen LogP contribution in [0.4, 0.5) is 0 Å². The van der Waals surface area contributed by atoms with E-state index in [9.17, 15) is 4.79 Å².